The fraction of sp³-hybridized carbons (Fsp3) is 0.320. The molecule has 0 aliphatic heterocycles. The summed E-state index contributed by atoms with van der Waals surface area (Å²) in [5.41, 5.74) is 4.33. The second kappa shape index (κ2) is 8.71. The van der Waals surface area contributed by atoms with Crippen molar-refractivity contribution in [2.45, 2.75) is 50.7 Å². The molecule has 0 saturated heterocycles. The Morgan fingerprint density at radius 1 is 1.13 bits per heavy atom. The van der Waals surface area contributed by atoms with Gasteiger partial charge in [-0.15, -0.1) is 0 Å². The van der Waals surface area contributed by atoms with Crippen LogP contribution < -0.4 is 10.9 Å². The highest BCUT2D eigenvalue weighted by atomic mass is 32.2. The highest BCUT2D eigenvalue weighted by molar-refractivity contribution is 7.99. The van der Waals surface area contributed by atoms with Crippen molar-refractivity contribution in [3.05, 3.63) is 76.1 Å². The molecule has 1 heterocycles. The summed E-state index contributed by atoms with van der Waals surface area (Å²) in [4.78, 5) is 31.0. The van der Waals surface area contributed by atoms with Crippen LogP contribution in [0.4, 0.5) is 5.69 Å². The van der Waals surface area contributed by atoms with Crippen molar-refractivity contribution in [2.24, 2.45) is 0 Å². The van der Waals surface area contributed by atoms with Crippen LogP contribution in [-0.2, 0) is 23.2 Å². The normalized spacial score (nSPS) is 17.0. The molecule has 1 amide bonds. The van der Waals surface area contributed by atoms with Gasteiger partial charge in [-0.25, -0.2) is 4.98 Å². The molecular weight excluding hydrogens is 406 g/mol. The van der Waals surface area contributed by atoms with Crippen LogP contribution in [0.15, 0.2) is 64.5 Å². The lowest BCUT2D eigenvalue weighted by Gasteiger charge is -2.35. The smallest absolute Gasteiger partial charge is 0.258 e. The van der Waals surface area contributed by atoms with Crippen LogP contribution in [0, 0.1) is 0 Å². The zero-order valence-corrected chi connectivity index (χ0v) is 19.0. The predicted molar refractivity (Wildman–Crippen MR) is 127 cm³/mol. The maximum absolute atomic E-state index is 13.6. The number of fused-ring (bicyclic) bond motifs is 3. The van der Waals surface area contributed by atoms with Crippen molar-refractivity contribution in [3.8, 4) is 11.3 Å². The van der Waals surface area contributed by atoms with Gasteiger partial charge in [-0.1, -0.05) is 68.1 Å². The predicted octanol–water partition coefficient (Wildman–Crippen LogP) is 4.88. The van der Waals surface area contributed by atoms with Gasteiger partial charge in [0.25, 0.3) is 5.56 Å². The molecule has 0 saturated carbocycles. The number of carbonyl (C=O) groups is 1. The summed E-state index contributed by atoms with van der Waals surface area (Å²) in [5.74, 6) is 0.0666. The largest absolute Gasteiger partial charge is 0.325 e. The summed E-state index contributed by atoms with van der Waals surface area (Å²) in [6, 6.07) is 17.6. The molecule has 31 heavy (non-hydrogen) atoms. The first-order valence-corrected chi connectivity index (χ1v) is 11.7. The van der Waals surface area contributed by atoms with Crippen molar-refractivity contribution < 1.29 is 4.79 Å². The van der Waals surface area contributed by atoms with E-state index < -0.39 is 0 Å². The lowest BCUT2D eigenvalue weighted by molar-refractivity contribution is -0.113. The van der Waals surface area contributed by atoms with Crippen LogP contribution in [0.1, 0.15) is 38.3 Å². The van der Waals surface area contributed by atoms with E-state index in [1.165, 1.54) is 17.3 Å². The summed E-state index contributed by atoms with van der Waals surface area (Å²) in [5, 5.41) is 3.48. The van der Waals surface area contributed by atoms with Crippen LogP contribution in [-0.4, -0.2) is 21.2 Å². The van der Waals surface area contributed by atoms with Gasteiger partial charge in [0.05, 0.1) is 17.0 Å². The average molecular weight is 434 g/mol. The summed E-state index contributed by atoms with van der Waals surface area (Å²) < 4.78 is 1.71. The van der Waals surface area contributed by atoms with Gasteiger partial charge in [0.2, 0.25) is 5.91 Å². The number of carbonyl (C=O) groups excluding carboxylic acids is 1. The Morgan fingerprint density at radius 3 is 2.55 bits per heavy atom. The average Bonchev–Trinajstić information content (AvgIpc) is 2.78. The zero-order valence-electron chi connectivity index (χ0n) is 18.1. The maximum Gasteiger partial charge on any atom is 0.258 e. The molecule has 5 nitrogen and oxygen atoms in total. The molecule has 0 bridgehead atoms. The third kappa shape index (κ3) is 4.04. The van der Waals surface area contributed by atoms with Crippen molar-refractivity contribution >= 4 is 23.4 Å². The van der Waals surface area contributed by atoms with Crippen LogP contribution in [0.2, 0.25) is 0 Å². The van der Waals surface area contributed by atoms with E-state index >= 15 is 0 Å². The quantitative estimate of drug-likeness (QED) is 0.444. The van der Waals surface area contributed by atoms with Crippen molar-refractivity contribution in [3.63, 3.8) is 0 Å². The fourth-order valence-electron chi connectivity index (χ4n) is 4.23. The number of nitrogens with one attached hydrogen (secondary N) is 1. The molecule has 3 aromatic rings. The molecule has 0 spiro atoms. The van der Waals surface area contributed by atoms with E-state index in [4.69, 9.17) is 4.98 Å². The number of nitrogens with zero attached hydrogens (tertiary/aromatic N) is 2. The maximum atomic E-state index is 13.6. The van der Waals surface area contributed by atoms with Gasteiger partial charge in [0.15, 0.2) is 5.16 Å². The Bertz CT molecular complexity index is 1170. The Hall–Kier alpha value is -2.86. The second-order valence-electron chi connectivity index (χ2n) is 8.12. The number of hydrogen-bond acceptors (Lipinski definition) is 4. The summed E-state index contributed by atoms with van der Waals surface area (Å²) in [6.45, 7) is 6.75. The number of benzene rings is 2. The number of thioether (sulfide) groups is 1. The lowest BCUT2D eigenvalue weighted by Crippen LogP contribution is -2.39. The van der Waals surface area contributed by atoms with Crippen LogP contribution >= 0.6 is 11.8 Å². The second-order valence-corrected chi connectivity index (χ2v) is 9.06. The Balaban J connectivity index is 1.71. The third-order valence-electron chi connectivity index (χ3n) is 6.08. The lowest BCUT2D eigenvalue weighted by atomic mass is 9.69. The number of rotatable bonds is 6. The van der Waals surface area contributed by atoms with Gasteiger partial charge in [-0.05, 0) is 37.5 Å². The van der Waals surface area contributed by atoms with Crippen LogP contribution in [0.3, 0.4) is 0 Å². The third-order valence-corrected chi connectivity index (χ3v) is 7.05. The van der Waals surface area contributed by atoms with Crippen molar-refractivity contribution in [1.82, 2.24) is 9.55 Å². The first kappa shape index (κ1) is 21.4. The highest BCUT2D eigenvalue weighted by Gasteiger charge is 2.38. The topological polar surface area (TPSA) is 64.0 Å². The Kier molecular flexibility index (Phi) is 6.01. The molecule has 1 aliphatic rings. The molecule has 2 aromatic carbocycles. The summed E-state index contributed by atoms with van der Waals surface area (Å²) in [6.07, 6.45) is 1.69. The number of aromatic nitrogens is 2. The first-order valence-electron chi connectivity index (χ1n) is 10.7. The highest BCUT2D eigenvalue weighted by Crippen LogP contribution is 2.42. The van der Waals surface area contributed by atoms with Gasteiger partial charge in [-0.2, -0.15) is 0 Å². The molecule has 1 atom stereocenters. The molecule has 6 heteroatoms. The minimum Gasteiger partial charge on any atom is -0.325 e. The molecule has 0 radical (unpaired) electrons. The van der Waals surface area contributed by atoms with Crippen molar-refractivity contribution in [1.29, 1.82) is 0 Å². The van der Waals surface area contributed by atoms with Gasteiger partial charge in [-0.3, -0.25) is 14.2 Å². The molecule has 1 unspecified atom stereocenters. The molecular formula is C25H27N3O2S. The van der Waals surface area contributed by atoms with E-state index in [1.54, 1.807) is 4.57 Å². The molecule has 160 valence electrons. The van der Waals surface area contributed by atoms with Gasteiger partial charge in [0, 0.05) is 23.2 Å². The number of amides is 1. The molecule has 1 N–H and O–H groups in total. The van der Waals surface area contributed by atoms with Gasteiger partial charge < -0.3 is 5.32 Å². The molecule has 4 rings (SSSR count). The Labute approximate surface area is 186 Å². The van der Waals surface area contributed by atoms with E-state index in [2.05, 4.69) is 25.2 Å². The fourth-order valence-corrected chi connectivity index (χ4v) is 5.08. The SMILES string of the molecule is CCn1c(SCC(=O)Nc2ccccc2)nc2c(c1=O)C(C)(CC)Cc1ccccc1-2. The molecule has 1 aromatic heterocycles. The van der Waals surface area contributed by atoms with Gasteiger partial charge in [0.1, 0.15) is 0 Å². The van der Waals surface area contributed by atoms with E-state index in [-0.39, 0.29) is 22.6 Å². The minimum atomic E-state index is -0.251. The molecule has 1 aliphatic carbocycles. The number of anilines is 1. The minimum absolute atomic E-state index is 0.0114. The zero-order chi connectivity index (χ0) is 22.0. The van der Waals surface area contributed by atoms with E-state index in [0.717, 1.165) is 35.3 Å². The van der Waals surface area contributed by atoms with Gasteiger partial charge >= 0.3 is 0 Å². The first-order chi connectivity index (χ1) is 15.0. The van der Waals surface area contributed by atoms with Crippen molar-refractivity contribution in [2.75, 3.05) is 11.1 Å². The summed E-state index contributed by atoms with van der Waals surface area (Å²) >= 11 is 1.31. The van der Waals surface area contributed by atoms with E-state index in [0.29, 0.717) is 11.7 Å². The number of hydrogen-bond donors (Lipinski definition) is 1. The molecule has 0 fully saturated rings. The standard InChI is InChI=1S/C25H27N3O2S/c1-4-25(3)15-17-11-9-10-14-19(17)22-21(25)23(30)28(5-2)24(27-22)31-16-20(29)26-18-12-7-6-8-13-18/h6-14H,4-5,15-16H2,1-3H3,(H,26,29). The van der Waals surface area contributed by atoms with E-state index in [9.17, 15) is 9.59 Å². The summed E-state index contributed by atoms with van der Waals surface area (Å²) in [7, 11) is 0. The van der Waals surface area contributed by atoms with E-state index in [1.807, 2.05) is 55.5 Å². The monoisotopic (exact) mass is 433 g/mol. The van der Waals surface area contributed by atoms with Crippen LogP contribution in [0.5, 0.6) is 0 Å². The number of para-hydroxylation sites is 1. The Morgan fingerprint density at radius 2 is 1.84 bits per heavy atom. The van der Waals surface area contributed by atoms with Crippen LogP contribution in [0.25, 0.3) is 11.3 Å².